The van der Waals surface area contributed by atoms with Crippen LogP contribution in [0.15, 0.2) is 60.9 Å². The number of rotatable bonds is 4. The van der Waals surface area contributed by atoms with E-state index in [4.69, 9.17) is 34.0 Å². The Morgan fingerprint density at radius 3 is 2.50 bits per heavy atom. The highest BCUT2D eigenvalue weighted by Gasteiger charge is 2.20. The Morgan fingerprint density at radius 2 is 1.73 bits per heavy atom. The molecule has 2 aromatic heterocycles. The van der Waals surface area contributed by atoms with Gasteiger partial charge in [-0.05, 0) is 11.6 Å². The molecule has 26 heavy (non-hydrogen) atoms. The van der Waals surface area contributed by atoms with Gasteiger partial charge in [0.25, 0.3) is 0 Å². The Labute approximate surface area is 160 Å². The molecular formula is C19H15Cl2N5. The number of hydrogen-bond donors (Lipinski definition) is 1. The molecule has 1 atom stereocenters. The predicted octanol–water partition coefficient (Wildman–Crippen LogP) is 4.71. The second kappa shape index (κ2) is 6.94. The normalized spacial score (nSPS) is 12.4. The number of halogens is 2. The summed E-state index contributed by atoms with van der Waals surface area (Å²) in [6.07, 6.45) is 1.43. The largest absolute Gasteiger partial charge is 0.383 e. The summed E-state index contributed by atoms with van der Waals surface area (Å²) in [5.74, 6) is 0.363. The van der Waals surface area contributed by atoms with Gasteiger partial charge in [-0.25, -0.2) is 14.6 Å². The molecule has 1 unspecified atom stereocenters. The molecule has 0 aliphatic carbocycles. The Morgan fingerprint density at radius 1 is 1.00 bits per heavy atom. The molecule has 2 aromatic carbocycles. The minimum Gasteiger partial charge on any atom is -0.383 e. The van der Waals surface area contributed by atoms with Gasteiger partial charge >= 0.3 is 0 Å². The van der Waals surface area contributed by atoms with Crippen molar-refractivity contribution < 1.29 is 0 Å². The third-order valence-electron chi connectivity index (χ3n) is 4.18. The average Bonchev–Trinajstić information content (AvgIpc) is 3.02. The predicted molar refractivity (Wildman–Crippen MR) is 105 cm³/mol. The number of nitrogens with two attached hydrogens (primary N) is 1. The van der Waals surface area contributed by atoms with Gasteiger partial charge in [-0.2, -0.15) is 5.10 Å². The van der Waals surface area contributed by atoms with Gasteiger partial charge < -0.3 is 5.73 Å². The summed E-state index contributed by atoms with van der Waals surface area (Å²) >= 11 is 13.0. The fourth-order valence-electron chi connectivity index (χ4n) is 2.92. The molecule has 0 spiro atoms. The van der Waals surface area contributed by atoms with Crippen LogP contribution in [-0.2, 0) is 6.54 Å². The molecule has 0 amide bonds. The van der Waals surface area contributed by atoms with Crippen molar-refractivity contribution in [2.45, 2.75) is 11.9 Å². The lowest BCUT2D eigenvalue weighted by molar-refractivity contribution is 0.617. The number of nitrogens with zero attached hydrogens (tertiary/aromatic N) is 4. The number of fused-ring (bicyclic) bond motifs is 1. The summed E-state index contributed by atoms with van der Waals surface area (Å²) in [6, 6.07) is 17.3. The second-order valence-corrected chi connectivity index (χ2v) is 6.78. The van der Waals surface area contributed by atoms with Gasteiger partial charge in [-0.15, -0.1) is 11.6 Å². The lowest BCUT2D eigenvalue weighted by Crippen LogP contribution is -2.07. The monoisotopic (exact) mass is 383 g/mol. The molecule has 4 aromatic rings. The number of aromatic nitrogens is 4. The van der Waals surface area contributed by atoms with E-state index in [0.29, 0.717) is 34.1 Å². The molecule has 5 nitrogen and oxygen atoms in total. The van der Waals surface area contributed by atoms with E-state index in [2.05, 4.69) is 9.97 Å². The van der Waals surface area contributed by atoms with E-state index >= 15 is 0 Å². The first-order chi connectivity index (χ1) is 12.6. The standard InChI is InChI=1S/C19H15Cl2N5/c20-14-9-5-4-8-13(14)17-16-18(22)23-11-24-19(16)26(25-17)10-15(21)12-6-2-1-3-7-12/h1-9,11,15H,10H2,(H2,22,23,24). The summed E-state index contributed by atoms with van der Waals surface area (Å²) in [5.41, 5.74) is 9.20. The van der Waals surface area contributed by atoms with Gasteiger partial charge in [0.15, 0.2) is 5.65 Å². The van der Waals surface area contributed by atoms with Gasteiger partial charge in [-0.3, -0.25) is 0 Å². The zero-order valence-corrected chi connectivity index (χ0v) is 15.2. The molecule has 4 rings (SSSR count). The highest BCUT2D eigenvalue weighted by atomic mass is 35.5. The molecule has 2 heterocycles. The van der Waals surface area contributed by atoms with Crippen LogP contribution < -0.4 is 5.73 Å². The number of hydrogen-bond acceptors (Lipinski definition) is 4. The lowest BCUT2D eigenvalue weighted by Gasteiger charge is -2.10. The van der Waals surface area contributed by atoms with Crippen molar-refractivity contribution in [3.63, 3.8) is 0 Å². The van der Waals surface area contributed by atoms with Crippen LogP contribution >= 0.6 is 23.2 Å². The van der Waals surface area contributed by atoms with Crippen molar-refractivity contribution in [1.29, 1.82) is 0 Å². The molecule has 0 saturated carbocycles. The van der Waals surface area contributed by atoms with E-state index < -0.39 is 0 Å². The molecule has 130 valence electrons. The van der Waals surface area contributed by atoms with Gasteiger partial charge in [0.1, 0.15) is 17.8 Å². The Balaban J connectivity index is 1.84. The van der Waals surface area contributed by atoms with Crippen LogP contribution in [-0.4, -0.2) is 19.7 Å². The Kier molecular flexibility index (Phi) is 4.49. The number of nitrogen functional groups attached to an aromatic ring is 1. The van der Waals surface area contributed by atoms with Gasteiger partial charge in [0.05, 0.1) is 22.3 Å². The Hall–Kier alpha value is -2.63. The van der Waals surface area contributed by atoms with E-state index in [1.807, 2.05) is 54.6 Å². The molecule has 7 heteroatoms. The van der Waals surface area contributed by atoms with Crippen LogP contribution in [0.5, 0.6) is 0 Å². The minimum absolute atomic E-state index is 0.255. The fraction of sp³-hybridized carbons (Fsp3) is 0.105. The quantitative estimate of drug-likeness (QED) is 0.518. The summed E-state index contributed by atoms with van der Waals surface area (Å²) in [6.45, 7) is 0.447. The summed E-state index contributed by atoms with van der Waals surface area (Å²) < 4.78 is 1.76. The highest BCUT2D eigenvalue weighted by molar-refractivity contribution is 6.33. The smallest absolute Gasteiger partial charge is 0.164 e. The molecule has 0 fully saturated rings. The molecule has 0 aliphatic rings. The maximum absolute atomic E-state index is 6.61. The van der Waals surface area contributed by atoms with Gasteiger partial charge in [0.2, 0.25) is 0 Å². The number of anilines is 1. The van der Waals surface area contributed by atoms with Crippen LogP contribution in [0.1, 0.15) is 10.9 Å². The van der Waals surface area contributed by atoms with E-state index in [1.165, 1.54) is 6.33 Å². The lowest BCUT2D eigenvalue weighted by atomic mass is 10.1. The third kappa shape index (κ3) is 3.00. The maximum atomic E-state index is 6.61. The van der Waals surface area contributed by atoms with Crippen molar-refractivity contribution >= 4 is 40.1 Å². The molecule has 0 radical (unpaired) electrons. The average molecular weight is 384 g/mol. The van der Waals surface area contributed by atoms with Crippen LogP contribution in [0.3, 0.4) is 0 Å². The van der Waals surface area contributed by atoms with Crippen molar-refractivity contribution in [2.75, 3.05) is 5.73 Å². The van der Waals surface area contributed by atoms with Crippen molar-refractivity contribution in [1.82, 2.24) is 19.7 Å². The first-order valence-electron chi connectivity index (χ1n) is 8.06. The van der Waals surface area contributed by atoms with E-state index in [0.717, 1.165) is 11.1 Å². The molecule has 0 bridgehead atoms. The van der Waals surface area contributed by atoms with Crippen molar-refractivity contribution in [3.05, 3.63) is 71.5 Å². The van der Waals surface area contributed by atoms with Crippen molar-refractivity contribution in [3.8, 4) is 11.3 Å². The number of alkyl halides is 1. The summed E-state index contributed by atoms with van der Waals surface area (Å²) in [4.78, 5) is 8.48. The van der Waals surface area contributed by atoms with Crippen LogP contribution in [0.2, 0.25) is 5.02 Å². The Bertz CT molecular complexity index is 1060. The zero-order valence-electron chi connectivity index (χ0n) is 13.7. The molecular weight excluding hydrogens is 369 g/mol. The first kappa shape index (κ1) is 16.8. The zero-order chi connectivity index (χ0) is 18.1. The van der Waals surface area contributed by atoms with E-state index in [1.54, 1.807) is 4.68 Å². The first-order valence-corrected chi connectivity index (χ1v) is 8.87. The molecule has 2 N–H and O–H groups in total. The van der Waals surface area contributed by atoms with Crippen LogP contribution in [0.25, 0.3) is 22.3 Å². The van der Waals surface area contributed by atoms with E-state index in [-0.39, 0.29) is 5.38 Å². The fourth-order valence-corrected chi connectivity index (χ4v) is 3.42. The maximum Gasteiger partial charge on any atom is 0.164 e. The van der Waals surface area contributed by atoms with Crippen LogP contribution in [0, 0.1) is 0 Å². The SMILES string of the molecule is Nc1ncnc2c1c(-c1ccccc1Cl)nn2CC(Cl)c1ccccc1. The van der Waals surface area contributed by atoms with E-state index in [9.17, 15) is 0 Å². The third-order valence-corrected chi connectivity index (χ3v) is 4.90. The second-order valence-electron chi connectivity index (χ2n) is 5.85. The highest BCUT2D eigenvalue weighted by Crippen LogP contribution is 2.35. The molecule has 0 aliphatic heterocycles. The topological polar surface area (TPSA) is 69.6 Å². The van der Waals surface area contributed by atoms with Gasteiger partial charge in [0, 0.05) is 5.56 Å². The number of benzene rings is 2. The van der Waals surface area contributed by atoms with Gasteiger partial charge in [-0.1, -0.05) is 60.1 Å². The summed E-state index contributed by atoms with van der Waals surface area (Å²) in [5, 5.41) is 5.73. The molecule has 0 saturated heterocycles. The minimum atomic E-state index is -0.255. The summed E-state index contributed by atoms with van der Waals surface area (Å²) in [7, 11) is 0. The van der Waals surface area contributed by atoms with Crippen molar-refractivity contribution in [2.24, 2.45) is 0 Å². The van der Waals surface area contributed by atoms with Crippen LogP contribution in [0.4, 0.5) is 5.82 Å².